The molecule has 15 nitrogen and oxygen atoms in total. The number of carbonyl (C=O) groups is 5. The van der Waals surface area contributed by atoms with Crippen molar-refractivity contribution in [1.82, 2.24) is 41.0 Å². The van der Waals surface area contributed by atoms with Crippen molar-refractivity contribution in [3.8, 4) is 0 Å². The summed E-state index contributed by atoms with van der Waals surface area (Å²) in [6.07, 6.45) is 14.1. The number of ether oxygens (including phenoxy) is 2. The predicted octanol–water partition coefficient (Wildman–Crippen LogP) is 8.38. The fourth-order valence-corrected chi connectivity index (χ4v) is 13.6. The normalized spacial score (nSPS) is 27.3. The number of pyridine rings is 2. The van der Waals surface area contributed by atoms with Crippen LogP contribution in [-0.4, -0.2) is 113 Å². The molecule has 3 aromatic rings. The van der Waals surface area contributed by atoms with Crippen LogP contribution in [0, 0.1) is 17.3 Å². The maximum absolute atomic E-state index is 14.7. The molecule has 19 heteroatoms. The molecule has 5 amide bonds. The first-order chi connectivity index (χ1) is 37.1. The summed E-state index contributed by atoms with van der Waals surface area (Å²) >= 11 is 3.60. The fourth-order valence-electron chi connectivity index (χ4n) is 13.2. The average Bonchev–Trinajstić information content (AvgIpc) is 4.14. The lowest BCUT2D eigenvalue weighted by Gasteiger charge is -2.37. The van der Waals surface area contributed by atoms with E-state index in [-0.39, 0.29) is 84.8 Å². The highest BCUT2D eigenvalue weighted by atomic mass is 79.9. The molecule has 9 rings (SSSR count). The van der Waals surface area contributed by atoms with E-state index >= 15 is 0 Å². The SMILES string of the molecule is CN1C(=O)C[C@H](C(=O)NCCOC2CCC(OCCCC(=O)NC3CCC(C(=O)NCCCC[C@]4(C(=O)N5CCc6ncc(C(F)(F)F)cc6C5)CC[C@@H](N[C@@H]5CCc6cc(Br)ccc65)C4)CC3)CC2)[C@H]1c1cccnc1. The van der Waals surface area contributed by atoms with Crippen LogP contribution in [0.15, 0.2) is 59.5 Å². The number of benzene rings is 1. The van der Waals surface area contributed by atoms with E-state index in [1.807, 2.05) is 12.1 Å². The number of unbranched alkanes of at least 4 members (excludes halogenated alkanes) is 1. The van der Waals surface area contributed by atoms with Crippen molar-refractivity contribution in [3.05, 3.63) is 93.0 Å². The van der Waals surface area contributed by atoms with E-state index in [1.165, 1.54) is 11.1 Å². The number of nitrogens with one attached hydrogen (secondary N) is 4. The molecule has 5 atom stereocenters. The van der Waals surface area contributed by atoms with Gasteiger partial charge in [-0.2, -0.15) is 13.2 Å². The van der Waals surface area contributed by atoms with Crippen LogP contribution in [0.25, 0.3) is 0 Å². The minimum Gasteiger partial charge on any atom is -0.378 e. The molecule has 77 heavy (non-hydrogen) atoms. The maximum atomic E-state index is 14.7. The van der Waals surface area contributed by atoms with Crippen LogP contribution < -0.4 is 21.3 Å². The van der Waals surface area contributed by atoms with E-state index in [9.17, 15) is 37.1 Å². The summed E-state index contributed by atoms with van der Waals surface area (Å²) < 4.78 is 54.3. The average molecular weight is 1130 g/mol. The van der Waals surface area contributed by atoms with Crippen molar-refractivity contribution in [2.45, 2.75) is 178 Å². The Morgan fingerprint density at radius 2 is 1.60 bits per heavy atom. The summed E-state index contributed by atoms with van der Waals surface area (Å²) in [5, 5.41) is 13.2. The Balaban J connectivity index is 0.638. The quantitative estimate of drug-likeness (QED) is 0.0756. The third-order valence-corrected chi connectivity index (χ3v) is 17.9. The van der Waals surface area contributed by atoms with Crippen molar-refractivity contribution in [3.63, 3.8) is 0 Å². The van der Waals surface area contributed by atoms with Gasteiger partial charge in [-0.1, -0.05) is 34.5 Å². The Labute approximate surface area is 458 Å². The molecule has 418 valence electrons. The molecule has 0 bridgehead atoms. The van der Waals surface area contributed by atoms with Gasteiger partial charge in [-0.25, -0.2) is 0 Å². The van der Waals surface area contributed by atoms with E-state index in [1.54, 1.807) is 29.2 Å². The Morgan fingerprint density at radius 3 is 2.35 bits per heavy atom. The molecular weight excluding hydrogens is 1060 g/mol. The van der Waals surface area contributed by atoms with Gasteiger partial charge >= 0.3 is 6.18 Å². The number of aryl methyl sites for hydroxylation is 1. The zero-order valence-electron chi connectivity index (χ0n) is 44.4. The monoisotopic (exact) mass is 1130 g/mol. The first-order valence-corrected chi connectivity index (χ1v) is 29.0. The molecule has 4 fully saturated rings. The zero-order chi connectivity index (χ0) is 54.1. The van der Waals surface area contributed by atoms with Gasteiger partial charge in [-0.05, 0) is 149 Å². The van der Waals surface area contributed by atoms with E-state index in [0.29, 0.717) is 102 Å². The topological polar surface area (TPSA) is 184 Å². The molecule has 4 heterocycles. The second-order valence-corrected chi connectivity index (χ2v) is 23.5. The lowest BCUT2D eigenvalue weighted by Crippen LogP contribution is -2.46. The summed E-state index contributed by atoms with van der Waals surface area (Å²) in [4.78, 5) is 78.1. The van der Waals surface area contributed by atoms with E-state index < -0.39 is 23.1 Å². The summed E-state index contributed by atoms with van der Waals surface area (Å²) in [6.45, 7) is 2.29. The van der Waals surface area contributed by atoms with Gasteiger partial charge in [0.1, 0.15) is 0 Å². The van der Waals surface area contributed by atoms with Gasteiger partial charge in [-0.15, -0.1) is 0 Å². The Bertz CT molecular complexity index is 2540. The Morgan fingerprint density at radius 1 is 0.831 bits per heavy atom. The number of alkyl halides is 3. The van der Waals surface area contributed by atoms with Gasteiger partial charge < -0.3 is 40.5 Å². The van der Waals surface area contributed by atoms with Crippen molar-refractivity contribution in [2.24, 2.45) is 17.3 Å². The molecule has 0 spiro atoms. The fraction of sp³-hybridized carbons (Fsp3) is 0.638. The highest BCUT2D eigenvalue weighted by Crippen LogP contribution is 2.47. The molecule has 1 aromatic carbocycles. The van der Waals surface area contributed by atoms with E-state index in [2.05, 4.69) is 65.4 Å². The summed E-state index contributed by atoms with van der Waals surface area (Å²) in [5.74, 6) is -0.783. The standard InChI is InChI=1S/C58H76BrF3N8O7/c1-69-52(72)32-48(53(69)39-6-4-24-63-34-39)55(74)65-26-29-77-46-16-14-45(15-17-46)76-28-5-7-51(71)68-43-12-8-37(9-13-43)54(73)64-25-3-2-22-57(23-20-44(33-57)67-50-19-10-38-31-42(59)11-18-47(38)50)56(75)70-27-21-49-40(36-70)30-41(35-66-49)58(60,61)62/h4,6,11,18,24,30-31,34-35,37,43-46,48,50,53,67H,2-3,5,7-10,12-17,19-23,25-29,32-33,36H2,1H3,(H,64,73)(H,65,74)(H,68,71)/t37?,43?,44-,45?,46?,48+,50-,53-,57+/m1/s1. The van der Waals surface area contributed by atoms with Crippen molar-refractivity contribution >= 4 is 45.5 Å². The smallest absolute Gasteiger partial charge is 0.378 e. The van der Waals surface area contributed by atoms with Crippen molar-refractivity contribution < 1.29 is 46.6 Å². The number of rotatable bonds is 21. The van der Waals surface area contributed by atoms with Gasteiger partial charge in [-0.3, -0.25) is 33.9 Å². The van der Waals surface area contributed by atoms with Crippen LogP contribution in [0.4, 0.5) is 13.2 Å². The molecule has 0 unspecified atom stereocenters. The molecule has 4 aliphatic carbocycles. The van der Waals surface area contributed by atoms with Gasteiger partial charge in [0.25, 0.3) is 0 Å². The van der Waals surface area contributed by atoms with Gasteiger partial charge in [0.15, 0.2) is 0 Å². The molecule has 6 aliphatic rings. The zero-order valence-corrected chi connectivity index (χ0v) is 45.9. The second kappa shape index (κ2) is 25.9. The number of carbonyl (C=O) groups excluding carboxylic acids is 5. The number of fused-ring (bicyclic) bond motifs is 2. The highest BCUT2D eigenvalue weighted by molar-refractivity contribution is 9.10. The minimum atomic E-state index is -4.51. The summed E-state index contributed by atoms with van der Waals surface area (Å²) in [7, 11) is 1.73. The van der Waals surface area contributed by atoms with Crippen molar-refractivity contribution in [1.29, 1.82) is 0 Å². The third-order valence-electron chi connectivity index (χ3n) is 17.4. The Kier molecular flexibility index (Phi) is 19.1. The lowest BCUT2D eigenvalue weighted by molar-refractivity contribution is -0.143. The number of likely N-dealkylation sites (tertiary alicyclic amines) is 1. The second-order valence-electron chi connectivity index (χ2n) is 22.6. The number of nitrogens with zero attached hydrogens (tertiary/aromatic N) is 4. The lowest BCUT2D eigenvalue weighted by atomic mass is 9.78. The number of hydrogen-bond donors (Lipinski definition) is 4. The third kappa shape index (κ3) is 14.4. The number of halogens is 4. The van der Waals surface area contributed by atoms with Crippen LogP contribution in [0.3, 0.4) is 0 Å². The van der Waals surface area contributed by atoms with Crippen LogP contribution >= 0.6 is 15.9 Å². The molecule has 3 saturated carbocycles. The van der Waals surface area contributed by atoms with Crippen LogP contribution in [0.1, 0.15) is 161 Å². The Hall–Kier alpha value is -4.98. The molecular formula is C58H76BrF3N8O7. The molecule has 4 N–H and O–H groups in total. The number of amides is 5. The summed E-state index contributed by atoms with van der Waals surface area (Å²) in [5.41, 5.74) is 3.09. The van der Waals surface area contributed by atoms with Gasteiger partial charge in [0.05, 0.1) is 41.8 Å². The highest BCUT2D eigenvalue weighted by Gasteiger charge is 2.48. The minimum absolute atomic E-state index is 0.000403. The van der Waals surface area contributed by atoms with Gasteiger partial charge in [0.2, 0.25) is 29.5 Å². The molecule has 1 saturated heterocycles. The molecule has 0 radical (unpaired) electrons. The largest absolute Gasteiger partial charge is 0.417 e. The number of aromatic nitrogens is 2. The van der Waals surface area contributed by atoms with Crippen LogP contribution in [0.5, 0.6) is 0 Å². The molecule has 2 aliphatic heterocycles. The predicted molar refractivity (Wildman–Crippen MR) is 286 cm³/mol. The van der Waals surface area contributed by atoms with Crippen molar-refractivity contribution in [2.75, 3.05) is 39.9 Å². The van der Waals surface area contributed by atoms with Crippen LogP contribution in [0.2, 0.25) is 0 Å². The van der Waals surface area contributed by atoms with E-state index in [0.717, 1.165) is 86.5 Å². The first-order valence-electron chi connectivity index (χ1n) is 28.2. The van der Waals surface area contributed by atoms with Crippen LogP contribution in [-0.2, 0) is 59.0 Å². The van der Waals surface area contributed by atoms with Gasteiger partial charge in [0, 0.05) is 112 Å². The molecule has 2 aromatic heterocycles. The summed E-state index contributed by atoms with van der Waals surface area (Å²) in [6, 6.07) is 11.3. The van der Waals surface area contributed by atoms with E-state index in [4.69, 9.17) is 9.47 Å². The number of hydrogen-bond acceptors (Lipinski definition) is 10. The first kappa shape index (κ1) is 56.7. The maximum Gasteiger partial charge on any atom is 0.417 e.